The van der Waals surface area contributed by atoms with Gasteiger partial charge >= 0.3 is 0 Å². The number of hydrogen-bond acceptors (Lipinski definition) is 1. The van der Waals surface area contributed by atoms with E-state index in [1.807, 2.05) is 12.1 Å². The second-order valence-corrected chi connectivity index (χ2v) is 5.97. The molecule has 0 radical (unpaired) electrons. The van der Waals surface area contributed by atoms with Crippen LogP contribution < -0.4 is 0 Å². The standard InChI is InChI=1S/C21H15NO/c1-14-7-6-8-15(13-14)22-18-11-4-2-9-16(18)20-17-10-3-5-12-19(17)23-21(20)22/h2-13H,1H3. The van der Waals surface area contributed by atoms with E-state index >= 15 is 0 Å². The fourth-order valence-corrected chi connectivity index (χ4v) is 3.46. The van der Waals surface area contributed by atoms with Gasteiger partial charge in [0.05, 0.1) is 10.9 Å². The third-order valence-corrected chi connectivity index (χ3v) is 4.45. The van der Waals surface area contributed by atoms with Gasteiger partial charge in [0.15, 0.2) is 0 Å². The summed E-state index contributed by atoms with van der Waals surface area (Å²) in [6.45, 7) is 2.12. The number of para-hydroxylation sites is 2. The van der Waals surface area contributed by atoms with Crippen LogP contribution in [0.2, 0.25) is 0 Å². The maximum Gasteiger partial charge on any atom is 0.213 e. The number of aryl methyl sites for hydroxylation is 1. The fraction of sp³-hybridized carbons (Fsp3) is 0.0476. The molecule has 0 N–H and O–H groups in total. The lowest BCUT2D eigenvalue weighted by Crippen LogP contribution is -1.93. The predicted octanol–water partition coefficient (Wildman–Crippen LogP) is 5.84. The van der Waals surface area contributed by atoms with Crippen molar-refractivity contribution in [2.75, 3.05) is 0 Å². The molecule has 110 valence electrons. The van der Waals surface area contributed by atoms with E-state index in [2.05, 4.69) is 72.2 Å². The molecular formula is C21H15NO. The Morgan fingerprint density at radius 3 is 2.43 bits per heavy atom. The normalized spacial score (nSPS) is 11.7. The van der Waals surface area contributed by atoms with E-state index in [1.165, 1.54) is 27.2 Å². The van der Waals surface area contributed by atoms with Crippen LogP contribution in [0.4, 0.5) is 0 Å². The van der Waals surface area contributed by atoms with Crippen molar-refractivity contribution in [3.05, 3.63) is 78.4 Å². The van der Waals surface area contributed by atoms with Gasteiger partial charge in [0.1, 0.15) is 5.58 Å². The summed E-state index contributed by atoms with van der Waals surface area (Å²) in [5, 5.41) is 3.59. The van der Waals surface area contributed by atoms with Gasteiger partial charge in [0.25, 0.3) is 0 Å². The van der Waals surface area contributed by atoms with Crippen molar-refractivity contribution < 1.29 is 4.42 Å². The zero-order valence-electron chi connectivity index (χ0n) is 12.8. The van der Waals surface area contributed by atoms with Crippen LogP contribution >= 0.6 is 0 Å². The smallest absolute Gasteiger partial charge is 0.213 e. The molecular weight excluding hydrogens is 282 g/mol. The molecule has 23 heavy (non-hydrogen) atoms. The molecule has 5 aromatic rings. The third-order valence-electron chi connectivity index (χ3n) is 4.45. The molecule has 0 spiro atoms. The summed E-state index contributed by atoms with van der Waals surface area (Å²) >= 11 is 0. The monoisotopic (exact) mass is 297 g/mol. The lowest BCUT2D eigenvalue weighted by atomic mass is 10.1. The maximum atomic E-state index is 6.23. The fourth-order valence-electron chi connectivity index (χ4n) is 3.46. The highest BCUT2D eigenvalue weighted by Gasteiger charge is 2.18. The average molecular weight is 297 g/mol. The Morgan fingerprint density at radius 2 is 1.57 bits per heavy atom. The van der Waals surface area contributed by atoms with Gasteiger partial charge in [-0.25, -0.2) is 0 Å². The van der Waals surface area contributed by atoms with Crippen molar-refractivity contribution in [2.24, 2.45) is 0 Å². The maximum absolute atomic E-state index is 6.23. The molecule has 0 fully saturated rings. The minimum absolute atomic E-state index is 0.915. The van der Waals surface area contributed by atoms with Gasteiger partial charge in [-0.15, -0.1) is 0 Å². The average Bonchev–Trinajstić information content (AvgIpc) is 3.09. The third kappa shape index (κ3) is 1.69. The summed E-state index contributed by atoms with van der Waals surface area (Å²) in [5.41, 5.74) is 5.40. The number of rotatable bonds is 1. The Morgan fingerprint density at radius 1 is 0.783 bits per heavy atom. The molecule has 0 aliphatic heterocycles. The first-order valence-corrected chi connectivity index (χ1v) is 7.81. The van der Waals surface area contributed by atoms with Crippen LogP contribution in [-0.2, 0) is 0 Å². The van der Waals surface area contributed by atoms with Crippen LogP contribution in [0, 0.1) is 6.92 Å². The second-order valence-electron chi connectivity index (χ2n) is 5.97. The molecule has 0 unspecified atom stereocenters. The van der Waals surface area contributed by atoms with Gasteiger partial charge in [-0.1, -0.05) is 48.5 Å². The lowest BCUT2D eigenvalue weighted by molar-refractivity contribution is 0.645. The van der Waals surface area contributed by atoms with E-state index in [0.29, 0.717) is 0 Å². The van der Waals surface area contributed by atoms with Gasteiger partial charge in [0, 0.05) is 16.5 Å². The number of benzene rings is 3. The van der Waals surface area contributed by atoms with E-state index in [4.69, 9.17) is 4.42 Å². The van der Waals surface area contributed by atoms with Crippen molar-refractivity contribution in [2.45, 2.75) is 6.92 Å². The number of nitrogens with zero attached hydrogens (tertiary/aromatic N) is 1. The molecule has 2 heteroatoms. The van der Waals surface area contributed by atoms with Crippen LogP contribution in [0.15, 0.2) is 77.2 Å². The van der Waals surface area contributed by atoms with Crippen molar-refractivity contribution >= 4 is 33.0 Å². The molecule has 0 bridgehead atoms. The molecule has 0 saturated carbocycles. The Hall–Kier alpha value is -3.00. The predicted molar refractivity (Wildman–Crippen MR) is 95.3 cm³/mol. The number of furan rings is 1. The molecule has 2 nitrogen and oxygen atoms in total. The molecule has 0 aliphatic carbocycles. The summed E-state index contributed by atoms with van der Waals surface area (Å²) in [4.78, 5) is 0. The highest BCUT2D eigenvalue weighted by molar-refractivity contribution is 6.19. The van der Waals surface area contributed by atoms with Crippen molar-refractivity contribution in [1.29, 1.82) is 0 Å². The molecule has 2 aromatic heterocycles. The quantitative estimate of drug-likeness (QED) is 0.380. The molecule has 0 saturated heterocycles. The van der Waals surface area contributed by atoms with E-state index in [9.17, 15) is 0 Å². The number of fused-ring (bicyclic) bond motifs is 5. The Labute approximate surface area is 133 Å². The Kier molecular flexibility index (Phi) is 2.45. The zero-order chi connectivity index (χ0) is 15.4. The summed E-state index contributed by atoms with van der Waals surface area (Å²) in [6, 6.07) is 25.3. The highest BCUT2D eigenvalue weighted by Crippen LogP contribution is 2.38. The van der Waals surface area contributed by atoms with Crippen LogP contribution in [-0.4, -0.2) is 4.57 Å². The topological polar surface area (TPSA) is 18.1 Å². The molecule has 3 aromatic carbocycles. The van der Waals surface area contributed by atoms with Crippen molar-refractivity contribution in [3.63, 3.8) is 0 Å². The molecule has 2 heterocycles. The minimum atomic E-state index is 0.915. The molecule has 0 aliphatic rings. The van der Waals surface area contributed by atoms with Crippen LogP contribution in [0.25, 0.3) is 38.7 Å². The summed E-state index contributed by atoms with van der Waals surface area (Å²) in [7, 11) is 0. The SMILES string of the molecule is Cc1cccc(-n2c3ccccc3c3c4ccccc4oc32)c1. The van der Waals surface area contributed by atoms with Crippen LogP contribution in [0.3, 0.4) is 0 Å². The molecule has 5 rings (SSSR count). The largest absolute Gasteiger partial charge is 0.439 e. The van der Waals surface area contributed by atoms with E-state index in [-0.39, 0.29) is 0 Å². The lowest BCUT2D eigenvalue weighted by Gasteiger charge is -2.06. The Bertz CT molecular complexity index is 1180. The number of aromatic nitrogens is 1. The highest BCUT2D eigenvalue weighted by atomic mass is 16.3. The van der Waals surface area contributed by atoms with Gasteiger partial charge in [-0.3, -0.25) is 4.57 Å². The van der Waals surface area contributed by atoms with E-state index in [1.54, 1.807) is 0 Å². The van der Waals surface area contributed by atoms with Crippen molar-refractivity contribution in [3.8, 4) is 5.69 Å². The number of hydrogen-bond donors (Lipinski definition) is 0. The van der Waals surface area contributed by atoms with Crippen LogP contribution in [0.5, 0.6) is 0 Å². The van der Waals surface area contributed by atoms with Gasteiger partial charge in [-0.05, 0) is 36.8 Å². The van der Waals surface area contributed by atoms with E-state index in [0.717, 1.165) is 17.0 Å². The first-order chi connectivity index (χ1) is 11.3. The first-order valence-electron chi connectivity index (χ1n) is 7.81. The van der Waals surface area contributed by atoms with E-state index < -0.39 is 0 Å². The van der Waals surface area contributed by atoms with Gasteiger partial charge in [-0.2, -0.15) is 0 Å². The summed E-state index contributed by atoms with van der Waals surface area (Å²) in [5.74, 6) is 0. The molecule has 0 amide bonds. The minimum Gasteiger partial charge on any atom is -0.439 e. The summed E-state index contributed by atoms with van der Waals surface area (Å²) in [6.07, 6.45) is 0. The summed E-state index contributed by atoms with van der Waals surface area (Å²) < 4.78 is 8.45. The first kappa shape index (κ1) is 12.5. The van der Waals surface area contributed by atoms with Gasteiger partial charge < -0.3 is 4.42 Å². The van der Waals surface area contributed by atoms with Crippen molar-refractivity contribution in [1.82, 2.24) is 4.57 Å². The Balaban J connectivity index is 2.04. The van der Waals surface area contributed by atoms with Crippen LogP contribution in [0.1, 0.15) is 5.56 Å². The molecule has 0 atom stereocenters. The second kappa shape index (κ2) is 4.50. The van der Waals surface area contributed by atoms with Gasteiger partial charge in [0.2, 0.25) is 5.71 Å². The zero-order valence-corrected chi connectivity index (χ0v) is 12.8.